The number of hydrogen-bond acceptors (Lipinski definition) is 4. The minimum Gasteiger partial charge on any atom is -0.396 e. The number of carbonyl (C=O) groups excluding carboxylic acids is 1. The van der Waals surface area contributed by atoms with Gasteiger partial charge in [0, 0.05) is 42.5 Å². The van der Waals surface area contributed by atoms with Crippen LogP contribution in [0.1, 0.15) is 28.8 Å². The summed E-state index contributed by atoms with van der Waals surface area (Å²) >= 11 is 0. The van der Waals surface area contributed by atoms with Crippen molar-refractivity contribution >= 4 is 5.91 Å². The molecule has 2 heterocycles. The molecule has 1 unspecified atom stereocenters. The predicted molar refractivity (Wildman–Crippen MR) is 96.3 cm³/mol. The molecule has 132 valence electrons. The fourth-order valence-corrected chi connectivity index (χ4v) is 3.36. The monoisotopic (exact) mass is 340 g/mol. The molecule has 0 aliphatic carbocycles. The first-order valence-electron chi connectivity index (χ1n) is 8.63. The number of benzene rings is 1. The van der Waals surface area contributed by atoms with Gasteiger partial charge in [-0.2, -0.15) is 0 Å². The molecule has 5 nitrogen and oxygen atoms in total. The van der Waals surface area contributed by atoms with Crippen LogP contribution in [-0.4, -0.2) is 42.4 Å². The molecule has 1 aliphatic heterocycles. The average molecular weight is 340 g/mol. The van der Waals surface area contributed by atoms with Crippen molar-refractivity contribution in [2.24, 2.45) is 5.41 Å². The van der Waals surface area contributed by atoms with Gasteiger partial charge in [0.25, 0.3) is 5.91 Å². The minimum atomic E-state index is -0.156. The molecule has 1 saturated heterocycles. The Morgan fingerprint density at radius 2 is 2.20 bits per heavy atom. The van der Waals surface area contributed by atoms with Crippen LogP contribution in [0.4, 0.5) is 0 Å². The smallest absolute Gasteiger partial charge is 0.251 e. The van der Waals surface area contributed by atoms with Gasteiger partial charge in [0.2, 0.25) is 0 Å². The number of nitrogens with one attached hydrogen (secondary N) is 1. The number of amides is 1. The van der Waals surface area contributed by atoms with Crippen molar-refractivity contribution in [3.8, 4) is 11.3 Å². The maximum atomic E-state index is 12.7. The van der Waals surface area contributed by atoms with E-state index in [0.29, 0.717) is 31.7 Å². The first-order valence-corrected chi connectivity index (χ1v) is 8.63. The molecule has 2 N–H and O–H groups in total. The van der Waals surface area contributed by atoms with E-state index in [4.69, 9.17) is 4.74 Å². The van der Waals surface area contributed by atoms with E-state index in [0.717, 1.165) is 23.2 Å². The van der Waals surface area contributed by atoms with Crippen LogP contribution in [0.3, 0.4) is 0 Å². The SMILES string of the molecule is Cc1c(C(=O)NCC2(CCO)CCOC2)cccc1-c1ccccn1. The number of pyridine rings is 1. The van der Waals surface area contributed by atoms with Crippen molar-refractivity contribution in [3.05, 3.63) is 53.7 Å². The van der Waals surface area contributed by atoms with Gasteiger partial charge < -0.3 is 15.2 Å². The summed E-state index contributed by atoms with van der Waals surface area (Å²) in [5.74, 6) is -0.0977. The second kappa shape index (κ2) is 7.76. The Morgan fingerprint density at radius 1 is 1.32 bits per heavy atom. The number of carbonyl (C=O) groups is 1. The van der Waals surface area contributed by atoms with Crippen LogP contribution in [0, 0.1) is 12.3 Å². The Bertz CT molecular complexity index is 725. The first-order chi connectivity index (χ1) is 12.2. The topological polar surface area (TPSA) is 71.5 Å². The number of hydrogen-bond donors (Lipinski definition) is 2. The van der Waals surface area contributed by atoms with E-state index < -0.39 is 0 Å². The van der Waals surface area contributed by atoms with Gasteiger partial charge in [0.05, 0.1) is 12.3 Å². The number of aliphatic hydroxyl groups excluding tert-OH is 1. The molecular weight excluding hydrogens is 316 g/mol. The zero-order valence-electron chi connectivity index (χ0n) is 14.5. The van der Waals surface area contributed by atoms with Crippen molar-refractivity contribution in [1.82, 2.24) is 10.3 Å². The zero-order chi connectivity index (χ0) is 17.7. The van der Waals surface area contributed by atoms with Gasteiger partial charge in [0.1, 0.15) is 0 Å². The summed E-state index contributed by atoms with van der Waals surface area (Å²) in [4.78, 5) is 17.1. The largest absolute Gasteiger partial charge is 0.396 e. The van der Waals surface area contributed by atoms with E-state index in [2.05, 4.69) is 10.3 Å². The van der Waals surface area contributed by atoms with Crippen LogP contribution in [0.5, 0.6) is 0 Å². The van der Waals surface area contributed by atoms with Crippen LogP contribution >= 0.6 is 0 Å². The van der Waals surface area contributed by atoms with E-state index in [1.54, 1.807) is 6.20 Å². The molecule has 1 atom stereocenters. The number of nitrogens with zero attached hydrogens (tertiary/aromatic N) is 1. The second-order valence-corrected chi connectivity index (χ2v) is 6.65. The lowest BCUT2D eigenvalue weighted by Crippen LogP contribution is -2.39. The average Bonchev–Trinajstić information content (AvgIpc) is 3.10. The summed E-state index contributed by atoms with van der Waals surface area (Å²) in [7, 11) is 0. The van der Waals surface area contributed by atoms with Gasteiger partial charge in [-0.25, -0.2) is 0 Å². The Morgan fingerprint density at radius 3 is 2.88 bits per heavy atom. The van der Waals surface area contributed by atoms with Crippen LogP contribution in [0.2, 0.25) is 0 Å². The fraction of sp³-hybridized carbons (Fsp3) is 0.400. The van der Waals surface area contributed by atoms with E-state index in [-0.39, 0.29) is 17.9 Å². The van der Waals surface area contributed by atoms with Crippen molar-refractivity contribution in [1.29, 1.82) is 0 Å². The first kappa shape index (κ1) is 17.6. The highest BCUT2D eigenvalue weighted by Gasteiger charge is 2.34. The summed E-state index contributed by atoms with van der Waals surface area (Å²) in [5.41, 5.74) is 3.23. The Hall–Kier alpha value is -2.24. The van der Waals surface area contributed by atoms with Gasteiger partial charge in [-0.3, -0.25) is 9.78 Å². The van der Waals surface area contributed by atoms with Gasteiger partial charge >= 0.3 is 0 Å². The molecule has 25 heavy (non-hydrogen) atoms. The van der Waals surface area contributed by atoms with Gasteiger partial charge in [0.15, 0.2) is 0 Å². The number of aliphatic hydroxyl groups is 1. The van der Waals surface area contributed by atoms with Crippen molar-refractivity contribution < 1.29 is 14.6 Å². The van der Waals surface area contributed by atoms with Crippen molar-refractivity contribution in [2.45, 2.75) is 19.8 Å². The lowest BCUT2D eigenvalue weighted by molar-refractivity contribution is 0.0889. The lowest BCUT2D eigenvalue weighted by Gasteiger charge is -2.27. The highest BCUT2D eigenvalue weighted by molar-refractivity contribution is 5.97. The summed E-state index contributed by atoms with van der Waals surface area (Å²) < 4.78 is 5.48. The van der Waals surface area contributed by atoms with Crippen LogP contribution in [-0.2, 0) is 4.74 Å². The molecule has 0 saturated carbocycles. The molecule has 0 radical (unpaired) electrons. The number of aromatic nitrogens is 1. The van der Waals surface area contributed by atoms with Gasteiger partial charge in [-0.05, 0) is 43.5 Å². The standard InChI is InChI=1S/C20H24N2O3/c1-15-16(18-7-2-3-10-21-18)5-4-6-17(15)19(24)22-13-20(8-11-23)9-12-25-14-20/h2-7,10,23H,8-9,11-14H2,1H3,(H,22,24). The second-order valence-electron chi connectivity index (χ2n) is 6.65. The summed E-state index contributed by atoms with van der Waals surface area (Å²) in [5, 5.41) is 12.3. The minimum absolute atomic E-state index is 0.0977. The molecule has 1 fully saturated rings. The third-order valence-corrected chi connectivity index (χ3v) is 4.97. The van der Waals surface area contributed by atoms with E-state index in [9.17, 15) is 9.90 Å². The Kier molecular flexibility index (Phi) is 5.46. The number of rotatable bonds is 6. The molecule has 5 heteroatoms. The Labute approximate surface area is 148 Å². The zero-order valence-corrected chi connectivity index (χ0v) is 14.5. The molecule has 1 aromatic carbocycles. The maximum Gasteiger partial charge on any atom is 0.251 e. The maximum absolute atomic E-state index is 12.7. The van der Waals surface area contributed by atoms with E-state index >= 15 is 0 Å². The van der Waals surface area contributed by atoms with Crippen LogP contribution in [0.25, 0.3) is 11.3 Å². The Balaban J connectivity index is 1.76. The molecule has 1 amide bonds. The third-order valence-electron chi connectivity index (χ3n) is 4.97. The highest BCUT2D eigenvalue weighted by Crippen LogP contribution is 2.31. The normalized spacial score (nSPS) is 19.8. The predicted octanol–water partition coefficient (Wildman–Crippen LogP) is 2.58. The molecule has 2 aromatic rings. The summed E-state index contributed by atoms with van der Waals surface area (Å²) in [6.07, 6.45) is 3.25. The third kappa shape index (κ3) is 3.89. The molecule has 1 aliphatic rings. The fourth-order valence-electron chi connectivity index (χ4n) is 3.36. The van der Waals surface area contributed by atoms with E-state index in [1.807, 2.05) is 43.3 Å². The van der Waals surface area contributed by atoms with Gasteiger partial charge in [-0.1, -0.05) is 18.2 Å². The molecule has 0 spiro atoms. The molecular formula is C20H24N2O3. The molecule has 3 rings (SSSR count). The summed E-state index contributed by atoms with van der Waals surface area (Å²) in [6.45, 7) is 3.83. The number of ether oxygens (including phenoxy) is 1. The lowest BCUT2D eigenvalue weighted by atomic mass is 9.84. The van der Waals surface area contributed by atoms with E-state index in [1.165, 1.54) is 0 Å². The quantitative estimate of drug-likeness (QED) is 0.848. The molecule has 0 bridgehead atoms. The van der Waals surface area contributed by atoms with Crippen LogP contribution in [0.15, 0.2) is 42.6 Å². The van der Waals surface area contributed by atoms with Crippen LogP contribution < -0.4 is 5.32 Å². The van der Waals surface area contributed by atoms with Gasteiger partial charge in [-0.15, -0.1) is 0 Å². The van der Waals surface area contributed by atoms with Crippen molar-refractivity contribution in [2.75, 3.05) is 26.4 Å². The highest BCUT2D eigenvalue weighted by atomic mass is 16.5. The summed E-state index contributed by atoms with van der Waals surface area (Å²) in [6, 6.07) is 11.4. The molecule has 1 aromatic heterocycles. The van der Waals surface area contributed by atoms with Crippen molar-refractivity contribution in [3.63, 3.8) is 0 Å².